The zero-order valence-corrected chi connectivity index (χ0v) is 12.8. The molecule has 2 fully saturated rings. The fraction of sp³-hybridized carbons (Fsp3) is 0.500. The number of carbonyl (C=O) groups excluding carboxylic acids is 1. The van der Waals surface area contributed by atoms with Crippen LogP contribution in [0.5, 0.6) is 5.75 Å². The molecule has 1 saturated heterocycles. The van der Waals surface area contributed by atoms with Gasteiger partial charge in [0.1, 0.15) is 5.75 Å². The molecule has 1 aliphatic heterocycles. The van der Waals surface area contributed by atoms with E-state index in [0.717, 1.165) is 6.42 Å². The van der Waals surface area contributed by atoms with Crippen molar-refractivity contribution in [2.75, 3.05) is 26.0 Å². The maximum atomic E-state index is 12.5. The maximum absolute atomic E-state index is 12.5. The van der Waals surface area contributed by atoms with E-state index in [-0.39, 0.29) is 5.92 Å². The fourth-order valence-electron chi connectivity index (χ4n) is 3.00. The first-order chi connectivity index (χ1) is 9.91. The fourth-order valence-corrected chi connectivity index (χ4v) is 5.14. The number of nitrogens with zero attached hydrogens (tertiary/aromatic N) is 1. The molecule has 3 rings (SSSR count). The number of anilines is 1. The predicted octanol–water partition coefficient (Wildman–Crippen LogP) is 1.06. The summed E-state index contributed by atoms with van der Waals surface area (Å²) in [7, 11) is -0.468. The lowest BCUT2D eigenvalue weighted by Gasteiger charge is -2.28. The summed E-state index contributed by atoms with van der Waals surface area (Å²) in [5.74, 6) is 0.196. The van der Waals surface area contributed by atoms with Gasteiger partial charge in [0, 0.05) is 19.3 Å². The first-order valence-electron chi connectivity index (χ1n) is 6.83. The van der Waals surface area contributed by atoms with Crippen LogP contribution in [0.1, 0.15) is 12.8 Å². The Kier molecular flexibility index (Phi) is 3.22. The average molecular weight is 310 g/mol. The Morgan fingerprint density at radius 3 is 2.67 bits per heavy atom. The molecule has 1 amide bonds. The van der Waals surface area contributed by atoms with E-state index < -0.39 is 20.7 Å². The molecule has 2 atom stereocenters. The number of amides is 1. The number of hydrogen-bond acceptors (Lipinski definition) is 4. The van der Waals surface area contributed by atoms with Crippen molar-refractivity contribution in [2.45, 2.75) is 17.6 Å². The molecule has 1 N–H and O–H groups in total. The third-order valence-corrected chi connectivity index (χ3v) is 7.05. The topological polar surface area (TPSA) is 75.7 Å². The lowest BCUT2D eigenvalue weighted by Crippen LogP contribution is -2.50. The highest BCUT2D eigenvalue weighted by atomic mass is 32.2. The van der Waals surface area contributed by atoms with Crippen molar-refractivity contribution < 1.29 is 17.9 Å². The number of carbonyl (C=O) groups is 1. The van der Waals surface area contributed by atoms with Crippen molar-refractivity contribution in [3.05, 3.63) is 24.3 Å². The normalized spacial score (nSPS) is 30.3. The minimum atomic E-state index is -3.56. The molecule has 1 heterocycles. The number of hydrogen-bond donors (Lipinski definition) is 1. The molecule has 1 aromatic rings. The highest BCUT2D eigenvalue weighted by Crippen LogP contribution is 2.56. The van der Waals surface area contributed by atoms with Gasteiger partial charge < -0.3 is 10.1 Å². The number of ether oxygens (including phenoxy) is 1. The molecule has 2 aliphatic rings. The monoisotopic (exact) mass is 310 g/mol. The third-order valence-electron chi connectivity index (χ3n) is 4.44. The number of sulfonamides is 1. The third kappa shape index (κ3) is 2.03. The van der Waals surface area contributed by atoms with Gasteiger partial charge in [-0.05, 0) is 43.0 Å². The van der Waals surface area contributed by atoms with E-state index in [1.54, 1.807) is 31.4 Å². The van der Waals surface area contributed by atoms with Crippen LogP contribution in [-0.4, -0.2) is 44.1 Å². The Labute approximate surface area is 124 Å². The van der Waals surface area contributed by atoms with Gasteiger partial charge in [-0.15, -0.1) is 0 Å². The van der Waals surface area contributed by atoms with E-state index in [4.69, 9.17) is 4.74 Å². The Balaban J connectivity index is 1.82. The van der Waals surface area contributed by atoms with Crippen molar-refractivity contribution in [2.24, 2.45) is 5.92 Å². The lowest BCUT2D eigenvalue weighted by atomic mass is 10.2. The van der Waals surface area contributed by atoms with Crippen molar-refractivity contribution in [1.29, 1.82) is 0 Å². The molecule has 0 unspecified atom stereocenters. The van der Waals surface area contributed by atoms with Crippen LogP contribution in [0.4, 0.5) is 5.69 Å². The van der Waals surface area contributed by atoms with Crippen molar-refractivity contribution in [3.63, 3.8) is 0 Å². The molecule has 6 nitrogen and oxygen atoms in total. The van der Waals surface area contributed by atoms with E-state index in [1.165, 1.54) is 11.4 Å². The molecule has 0 bridgehead atoms. The predicted molar refractivity (Wildman–Crippen MR) is 78.6 cm³/mol. The number of nitrogens with one attached hydrogen (secondary N) is 1. The average Bonchev–Trinajstić information content (AvgIpc) is 3.21. The molecule has 7 heteroatoms. The van der Waals surface area contributed by atoms with Crippen LogP contribution in [-0.2, 0) is 14.8 Å². The van der Waals surface area contributed by atoms with E-state index in [9.17, 15) is 13.2 Å². The highest BCUT2D eigenvalue weighted by Gasteiger charge is 2.71. The van der Waals surface area contributed by atoms with Gasteiger partial charge in [-0.1, -0.05) is 0 Å². The molecule has 0 spiro atoms. The van der Waals surface area contributed by atoms with E-state index in [0.29, 0.717) is 24.4 Å². The number of methoxy groups -OCH3 is 1. The smallest absolute Gasteiger partial charge is 0.247 e. The minimum Gasteiger partial charge on any atom is -0.497 e. The second-order valence-corrected chi connectivity index (χ2v) is 7.89. The Morgan fingerprint density at radius 1 is 1.38 bits per heavy atom. The van der Waals surface area contributed by atoms with Gasteiger partial charge in [0.15, 0.2) is 4.75 Å². The van der Waals surface area contributed by atoms with Gasteiger partial charge in [-0.3, -0.25) is 4.79 Å². The summed E-state index contributed by atoms with van der Waals surface area (Å²) in [6, 6.07) is 6.84. The standard InChI is InChI=1S/C14H18N2O4S/c1-16-8-7-10-9-14(10,21(16,18)19)13(17)15-11-3-5-12(20-2)6-4-11/h3-6,10H,7-9H2,1-2H3,(H,15,17)/t10-,14+/m0/s1. The molecule has 0 radical (unpaired) electrons. The van der Waals surface area contributed by atoms with E-state index >= 15 is 0 Å². The lowest BCUT2D eigenvalue weighted by molar-refractivity contribution is -0.117. The van der Waals surface area contributed by atoms with Crippen LogP contribution < -0.4 is 10.1 Å². The second-order valence-electron chi connectivity index (χ2n) is 5.59. The van der Waals surface area contributed by atoms with Crippen LogP contribution >= 0.6 is 0 Å². The van der Waals surface area contributed by atoms with Crippen molar-refractivity contribution in [3.8, 4) is 5.75 Å². The largest absolute Gasteiger partial charge is 0.497 e. The minimum absolute atomic E-state index is 0.0584. The molecule has 114 valence electrons. The summed E-state index contributed by atoms with van der Waals surface area (Å²) >= 11 is 0. The van der Waals surface area contributed by atoms with Gasteiger partial charge in [0.2, 0.25) is 15.9 Å². The molecule has 1 saturated carbocycles. The van der Waals surface area contributed by atoms with E-state index in [1.807, 2.05) is 0 Å². The van der Waals surface area contributed by atoms with Gasteiger partial charge in [-0.25, -0.2) is 12.7 Å². The molecule has 1 aliphatic carbocycles. The number of benzene rings is 1. The molecule has 21 heavy (non-hydrogen) atoms. The zero-order chi connectivity index (χ0) is 15.3. The Hall–Kier alpha value is -1.60. The summed E-state index contributed by atoms with van der Waals surface area (Å²) in [6.07, 6.45) is 1.16. The molecular formula is C14H18N2O4S. The van der Waals surface area contributed by atoms with Crippen LogP contribution in [0.3, 0.4) is 0 Å². The molecule has 1 aromatic carbocycles. The van der Waals surface area contributed by atoms with Gasteiger partial charge >= 0.3 is 0 Å². The first kappa shape index (κ1) is 14.3. The number of rotatable bonds is 3. The van der Waals surface area contributed by atoms with Crippen molar-refractivity contribution in [1.82, 2.24) is 4.31 Å². The quantitative estimate of drug-likeness (QED) is 0.905. The van der Waals surface area contributed by atoms with E-state index in [2.05, 4.69) is 5.32 Å². The number of fused-ring (bicyclic) bond motifs is 1. The highest BCUT2D eigenvalue weighted by molar-refractivity contribution is 7.91. The van der Waals surface area contributed by atoms with Gasteiger partial charge in [-0.2, -0.15) is 0 Å². The first-order valence-corrected chi connectivity index (χ1v) is 8.27. The summed E-state index contributed by atoms with van der Waals surface area (Å²) < 4.78 is 30.0. The van der Waals surface area contributed by atoms with Crippen LogP contribution in [0, 0.1) is 5.92 Å². The van der Waals surface area contributed by atoms with Crippen LogP contribution in [0.2, 0.25) is 0 Å². The second kappa shape index (κ2) is 4.71. The molecule has 0 aromatic heterocycles. The maximum Gasteiger partial charge on any atom is 0.247 e. The van der Waals surface area contributed by atoms with Crippen LogP contribution in [0.15, 0.2) is 24.3 Å². The van der Waals surface area contributed by atoms with Gasteiger partial charge in [0.25, 0.3) is 0 Å². The zero-order valence-electron chi connectivity index (χ0n) is 12.0. The summed E-state index contributed by atoms with van der Waals surface area (Å²) in [6.45, 7) is 0.491. The summed E-state index contributed by atoms with van der Waals surface area (Å²) in [4.78, 5) is 12.5. The summed E-state index contributed by atoms with van der Waals surface area (Å²) in [5, 5.41) is 2.72. The van der Waals surface area contributed by atoms with Crippen molar-refractivity contribution >= 4 is 21.6 Å². The SMILES string of the molecule is COc1ccc(NC(=O)[C@@]23C[C@@H]2CCN(C)S3(=O)=O)cc1. The Bertz CT molecular complexity index is 671. The van der Waals surface area contributed by atoms with Gasteiger partial charge in [0.05, 0.1) is 7.11 Å². The van der Waals surface area contributed by atoms with Crippen LogP contribution in [0.25, 0.3) is 0 Å². The molecular weight excluding hydrogens is 292 g/mol. The Morgan fingerprint density at radius 2 is 2.05 bits per heavy atom. The summed E-state index contributed by atoms with van der Waals surface area (Å²) in [5.41, 5.74) is 0.573.